The molecule has 0 saturated heterocycles. The Morgan fingerprint density at radius 3 is 2.79 bits per heavy atom. The topological polar surface area (TPSA) is 56.7 Å². The molecule has 0 bridgehead atoms. The maximum Gasteiger partial charge on any atom is 0.180 e. The van der Waals surface area contributed by atoms with Crippen LogP contribution < -0.4 is 5.73 Å². The van der Waals surface area contributed by atoms with Gasteiger partial charge in [-0.25, -0.2) is 9.67 Å². The van der Waals surface area contributed by atoms with Gasteiger partial charge in [0.1, 0.15) is 0 Å². The number of hydrogen-bond acceptors (Lipinski definition) is 4. The van der Waals surface area contributed by atoms with Gasteiger partial charge in [0, 0.05) is 10.9 Å². The molecule has 6 heteroatoms. The zero-order valence-corrected chi connectivity index (χ0v) is 11.7. The predicted molar refractivity (Wildman–Crippen MR) is 78.8 cm³/mol. The maximum absolute atomic E-state index is 6.20. The van der Waals surface area contributed by atoms with Gasteiger partial charge in [-0.1, -0.05) is 23.7 Å². The van der Waals surface area contributed by atoms with Crippen LogP contribution in [0.3, 0.4) is 0 Å². The molecule has 0 aliphatic rings. The Morgan fingerprint density at radius 2 is 2.11 bits per heavy atom. The van der Waals surface area contributed by atoms with Gasteiger partial charge in [-0.2, -0.15) is 5.10 Å². The molecule has 0 unspecified atom stereocenters. The van der Waals surface area contributed by atoms with E-state index in [1.54, 1.807) is 6.20 Å². The van der Waals surface area contributed by atoms with Gasteiger partial charge in [-0.3, -0.25) is 0 Å². The highest BCUT2D eigenvalue weighted by Crippen LogP contribution is 2.29. The van der Waals surface area contributed by atoms with Crippen molar-refractivity contribution in [1.29, 1.82) is 0 Å². The first-order valence-electron chi connectivity index (χ1n) is 5.67. The fourth-order valence-electron chi connectivity index (χ4n) is 1.94. The van der Waals surface area contributed by atoms with E-state index in [1.165, 1.54) is 11.3 Å². The van der Waals surface area contributed by atoms with E-state index in [-0.39, 0.29) is 0 Å². The summed E-state index contributed by atoms with van der Waals surface area (Å²) in [6.45, 7) is 1.99. The smallest absolute Gasteiger partial charge is 0.180 e. The number of benzene rings is 1. The molecule has 2 N–H and O–H groups in total. The lowest BCUT2D eigenvalue weighted by Gasteiger charge is -2.06. The van der Waals surface area contributed by atoms with Crippen molar-refractivity contribution in [3.63, 3.8) is 0 Å². The van der Waals surface area contributed by atoms with Crippen LogP contribution in [0.5, 0.6) is 0 Å². The molecular weight excluding hydrogens is 280 g/mol. The molecule has 0 fully saturated rings. The summed E-state index contributed by atoms with van der Waals surface area (Å²) < 4.78 is 1.81. The molecular formula is C13H11ClN4S. The van der Waals surface area contributed by atoms with Crippen LogP contribution in [0.1, 0.15) is 5.69 Å². The van der Waals surface area contributed by atoms with Gasteiger partial charge in [0.15, 0.2) is 5.13 Å². The number of aromatic nitrogens is 3. The van der Waals surface area contributed by atoms with E-state index < -0.39 is 0 Å². The lowest BCUT2D eigenvalue weighted by Crippen LogP contribution is -1.99. The van der Waals surface area contributed by atoms with Crippen LogP contribution in [0, 0.1) is 6.92 Å². The molecule has 3 rings (SSSR count). The summed E-state index contributed by atoms with van der Waals surface area (Å²) in [7, 11) is 0. The number of rotatable bonds is 2. The molecule has 0 radical (unpaired) electrons. The van der Waals surface area contributed by atoms with Crippen LogP contribution in [0.25, 0.3) is 16.9 Å². The van der Waals surface area contributed by atoms with Gasteiger partial charge in [0.25, 0.3) is 0 Å². The van der Waals surface area contributed by atoms with E-state index in [0.29, 0.717) is 10.2 Å². The van der Waals surface area contributed by atoms with Crippen molar-refractivity contribution in [3.05, 3.63) is 46.6 Å². The Kier molecular flexibility index (Phi) is 3.00. The third-order valence-electron chi connectivity index (χ3n) is 2.89. The van der Waals surface area contributed by atoms with Gasteiger partial charge >= 0.3 is 0 Å². The number of thiazole rings is 1. The number of halogens is 1. The highest BCUT2D eigenvalue weighted by molar-refractivity contribution is 7.13. The minimum absolute atomic E-state index is 0.555. The first-order chi connectivity index (χ1) is 9.16. The lowest BCUT2D eigenvalue weighted by molar-refractivity contribution is 0.847. The number of nitrogens with zero attached hydrogens (tertiary/aromatic N) is 3. The van der Waals surface area contributed by atoms with E-state index in [1.807, 2.05) is 41.3 Å². The summed E-state index contributed by atoms with van der Waals surface area (Å²) in [5, 5.41) is 7.54. The van der Waals surface area contributed by atoms with Crippen LogP contribution in [0.2, 0.25) is 5.02 Å². The Morgan fingerprint density at radius 1 is 1.32 bits per heavy atom. The predicted octanol–water partition coefficient (Wildman–Crippen LogP) is 3.54. The van der Waals surface area contributed by atoms with Crippen molar-refractivity contribution in [2.45, 2.75) is 6.92 Å². The number of anilines is 1. The summed E-state index contributed by atoms with van der Waals surface area (Å²) in [6.07, 6.45) is 1.78. The Bertz CT molecular complexity index is 732. The molecule has 19 heavy (non-hydrogen) atoms. The van der Waals surface area contributed by atoms with E-state index >= 15 is 0 Å². The summed E-state index contributed by atoms with van der Waals surface area (Å²) in [6, 6.07) is 7.61. The summed E-state index contributed by atoms with van der Waals surface area (Å²) in [4.78, 5) is 4.28. The van der Waals surface area contributed by atoms with Crippen molar-refractivity contribution >= 4 is 28.1 Å². The van der Waals surface area contributed by atoms with E-state index in [2.05, 4.69) is 10.1 Å². The van der Waals surface area contributed by atoms with Crippen molar-refractivity contribution in [3.8, 4) is 16.9 Å². The minimum Gasteiger partial charge on any atom is -0.375 e. The van der Waals surface area contributed by atoms with Gasteiger partial charge in [0.2, 0.25) is 0 Å². The molecule has 96 valence electrons. The Labute approximate surface area is 119 Å². The highest BCUT2D eigenvalue weighted by atomic mass is 35.5. The summed E-state index contributed by atoms with van der Waals surface area (Å²) in [5.41, 5.74) is 9.32. The van der Waals surface area contributed by atoms with Gasteiger partial charge in [0.05, 0.1) is 28.3 Å². The van der Waals surface area contributed by atoms with Crippen LogP contribution in [-0.4, -0.2) is 14.8 Å². The number of para-hydroxylation sites is 1. The number of hydrogen-bond donors (Lipinski definition) is 1. The van der Waals surface area contributed by atoms with E-state index in [4.69, 9.17) is 17.3 Å². The average molecular weight is 291 g/mol. The van der Waals surface area contributed by atoms with Gasteiger partial charge in [-0.05, 0) is 19.1 Å². The third kappa shape index (κ3) is 2.11. The maximum atomic E-state index is 6.20. The SMILES string of the molecule is Cc1c(-c2csc(N)n2)cnn1-c1ccccc1Cl. The zero-order chi connectivity index (χ0) is 13.4. The largest absolute Gasteiger partial charge is 0.375 e. The molecule has 0 saturated carbocycles. The molecule has 0 aliphatic carbocycles. The molecule has 2 aromatic heterocycles. The molecule has 4 nitrogen and oxygen atoms in total. The first-order valence-corrected chi connectivity index (χ1v) is 6.93. The third-order valence-corrected chi connectivity index (χ3v) is 3.88. The lowest BCUT2D eigenvalue weighted by atomic mass is 10.2. The van der Waals surface area contributed by atoms with E-state index in [0.717, 1.165) is 22.6 Å². The Hall–Kier alpha value is -1.85. The van der Waals surface area contributed by atoms with Crippen LogP contribution in [0.15, 0.2) is 35.8 Å². The fraction of sp³-hybridized carbons (Fsp3) is 0.0769. The van der Waals surface area contributed by atoms with Gasteiger partial charge < -0.3 is 5.73 Å². The van der Waals surface area contributed by atoms with Crippen molar-refractivity contribution in [1.82, 2.24) is 14.8 Å². The second-order valence-corrected chi connectivity index (χ2v) is 5.37. The molecule has 0 aliphatic heterocycles. The minimum atomic E-state index is 0.555. The molecule has 2 heterocycles. The average Bonchev–Trinajstić information content (AvgIpc) is 2.97. The second kappa shape index (κ2) is 4.68. The second-order valence-electron chi connectivity index (χ2n) is 4.08. The van der Waals surface area contributed by atoms with Crippen LogP contribution in [-0.2, 0) is 0 Å². The highest BCUT2D eigenvalue weighted by Gasteiger charge is 2.13. The normalized spacial score (nSPS) is 10.8. The summed E-state index contributed by atoms with van der Waals surface area (Å²) in [5.74, 6) is 0. The summed E-state index contributed by atoms with van der Waals surface area (Å²) >= 11 is 7.62. The van der Waals surface area contributed by atoms with Crippen molar-refractivity contribution < 1.29 is 0 Å². The van der Waals surface area contributed by atoms with Crippen LogP contribution in [0.4, 0.5) is 5.13 Å². The quantitative estimate of drug-likeness (QED) is 0.785. The number of nitrogens with two attached hydrogens (primary N) is 1. The standard InChI is InChI=1S/C13H11ClN4S/c1-8-9(11-7-19-13(15)17-11)6-16-18(8)12-5-3-2-4-10(12)14/h2-7H,1H3,(H2,15,17). The molecule has 0 spiro atoms. The monoisotopic (exact) mass is 290 g/mol. The molecule has 3 aromatic rings. The van der Waals surface area contributed by atoms with Gasteiger partial charge in [-0.15, -0.1) is 11.3 Å². The molecule has 0 amide bonds. The molecule has 0 atom stereocenters. The van der Waals surface area contributed by atoms with Crippen molar-refractivity contribution in [2.24, 2.45) is 0 Å². The Balaban J connectivity index is 2.12. The van der Waals surface area contributed by atoms with Crippen LogP contribution >= 0.6 is 22.9 Å². The zero-order valence-electron chi connectivity index (χ0n) is 10.2. The molecule has 1 aromatic carbocycles. The first kappa shape index (κ1) is 12.2. The van der Waals surface area contributed by atoms with Crippen molar-refractivity contribution in [2.75, 3.05) is 5.73 Å². The fourth-order valence-corrected chi connectivity index (χ4v) is 2.72. The van der Waals surface area contributed by atoms with E-state index in [9.17, 15) is 0 Å². The number of nitrogen functional groups attached to an aromatic ring is 1.